The molecule has 0 bridgehead atoms. The summed E-state index contributed by atoms with van der Waals surface area (Å²) in [6.45, 7) is 0. The van der Waals surface area contributed by atoms with Crippen LogP contribution >= 0.6 is 11.6 Å². The molecule has 4 heteroatoms. The monoisotopic (exact) mass is 209 g/mol. The Morgan fingerprint density at radius 1 is 1.36 bits per heavy atom. The van der Waals surface area contributed by atoms with Crippen molar-refractivity contribution in [3.63, 3.8) is 0 Å². The van der Waals surface area contributed by atoms with Crippen LogP contribution < -0.4 is 10.3 Å². The lowest BCUT2D eigenvalue weighted by Gasteiger charge is -2.04. The van der Waals surface area contributed by atoms with Gasteiger partial charge < -0.3 is 9.72 Å². The minimum Gasteiger partial charge on any atom is -0.495 e. The molecule has 0 atom stereocenters. The first kappa shape index (κ1) is 9.09. The molecular weight excluding hydrogens is 202 g/mol. The van der Waals surface area contributed by atoms with E-state index in [0.717, 1.165) is 5.39 Å². The maximum atomic E-state index is 11.0. The molecule has 1 aromatic heterocycles. The van der Waals surface area contributed by atoms with E-state index in [4.69, 9.17) is 16.3 Å². The second-order valence-corrected chi connectivity index (χ2v) is 3.30. The van der Waals surface area contributed by atoms with Gasteiger partial charge in [-0.2, -0.15) is 0 Å². The maximum Gasteiger partial charge on any atom is 0.248 e. The van der Waals surface area contributed by atoms with E-state index < -0.39 is 0 Å². The average Bonchev–Trinajstić information content (AvgIpc) is 2.16. The highest BCUT2D eigenvalue weighted by molar-refractivity contribution is 6.32. The first-order valence-electron chi connectivity index (χ1n) is 4.07. The molecule has 2 aromatic rings. The van der Waals surface area contributed by atoms with Crippen molar-refractivity contribution in [1.29, 1.82) is 0 Å². The topological polar surface area (TPSA) is 42.1 Å². The third-order valence-electron chi connectivity index (χ3n) is 2.00. The van der Waals surface area contributed by atoms with E-state index in [9.17, 15) is 4.79 Å². The van der Waals surface area contributed by atoms with Crippen LogP contribution in [0.3, 0.4) is 0 Å². The Morgan fingerprint density at radius 2 is 2.14 bits per heavy atom. The fourth-order valence-corrected chi connectivity index (χ4v) is 1.55. The van der Waals surface area contributed by atoms with Crippen LogP contribution in [0.15, 0.2) is 29.1 Å². The van der Waals surface area contributed by atoms with Crippen LogP contribution in [0, 0.1) is 0 Å². The number of pyridine rings is 1. The normalized spacial score (nSPS) is 10.4. The number of fused-ring (bicyclic) bond motifs is 1. The molecule has 72 valence electrons. The number of halogens is 1. The van der Waals surface area contributed by atoms with Crippen molar-refractivity contribution in [3.05, 3.63) is 39.6 Å². The van der Waals surface area contributed by atoms with Crippen LogP contribution in [0.5, 0.6) is 5.75 Å². The summed E-state index contributed by atoms with van der Waals surface area (Å²) >= 11 is 5.91. The van der Waals surface area contributed by atoms with Gasteiger partial charge in [0.25, 0.3) is 0 Å². The van der Waals surface area contributed by atoms with Gasteiger partial charge in [0.15, 0.2) is 0 Å². The van der Waals surface area contributed by atoms with Crippen molar-refractivity contribution in [2.75, 3.05) is 7.11 Å². The molecule has 1 heterocycles. The highest BCUT2D eigenvalue weighted by Crippen LogP contribution is 2.28. The zero-order chi connectivity index (χ0) is 10.1. The lowest BCUT2D eigenvalue weighted by Crippen LogP contribution is -2.02. The molecule has 14 heavy (non-hydrogen) atoms. The molecule has 0 amide bonds. The van der Waals surface area contributed by atoms with Crippen molar-refractivity contribution in [2.45, 2.75) is 0 Å². The third-order valence-corrected chi connectivity index (χ3v) is 2.29. The van der Waals surface area contributed by atoms with Gasteiger partial charge in [-0.15, -0.1) is 0 Å². The smallest absolute Gasteiger partial charge is 0.248 e. The van der Waals surface area contributed by atoms with E-state index in [1.54, 1.807) is 25.3 Å². The van der Waals surface area contributed by atoms with Gasteiger partial charge in [-0.1, -0.05) is 11.6 Å². The minimum absolute atomic E-state index is 0.140. The molecule has 0 aliphatic heterocycles. The number of hydrogen-bond donors (Lipinski definition) is 1. The van der Waals surface area contributed by atoms with E-state index in [1.807, 2.05) is 0 Å². The number of H-pyrrole nitrogens is 1. The molecule has 0 saturated carbocycles. The molecule has 3 nitrogen and oxygen atoms in total. The lowest BCUT2D eigenvalue weighted by molar-refractivity contribution is 0.415. The molecule has 0 radical (unpaired) electrons. The molecule has 1 aromatic carbocycles. The van der Waals surface area contributed by atoms with Gasteiger partial charge in [0.1, 0.15) is 5.75 Å². The molecule has 1 N–H and O–H groups in total. The quantitative estimate of drug-likeness (QED) is 0.782. The standard InChI is InChI=1S/C10H8ClNO2/c1-14-9-4-6-2-3-10(13)12-8(6)5-7(9)11/h2-5H,1H3,(H,12,13). The summed E-state index contributed by atoms with van der Waals surface area (Å²) in [5, 5.41) is 1.38. The third kappa shape index (κ3) is 1.46. The zero-order valence-electron chi connectivity index (χ0n) is 7.50. The Hall–Kier alpha value is -1.48. The second-order valence-electron chi connectivity index (χ2n) is 2.90. The molecule has 0 unspecified atom stereocenters. The Kier molecular flexibility index (Phi) is 2.17. The summed E-state index contributed by atoms with van der Waals surface area (Å²) in [5.41, 5.74) is 0.571. The largest absolute Gasteiger partial charge is 0.495 e. The highest BCUT2D eigenvalue weighted by Gasteiger charge is 2.03. The zero-order valence-corrected chi connectivity index (χ0v) is 8.26. The SMILES string of the molecule is COc1cc2ccc(=O)[nH]c2cc1Cl. The van der Waals surface area contributed by atoms with E-state index in [1.165, 1.54) is 6.07 Å². The Labute approximate surface area is 85.3 Å². The van der Waals surface area contributed by atoms with Gasteiger partial charge in [-0.25, -0.2) is 0 Å². The molecule has 0 saturated heterocycles. The second kappa shape index (κ2) is 3.35. The number of nitrogens with one attached hydrogen (secondary N) is 1. The van der Waals surface area contributed by atoms with Crippen molar-refractivity contribution >= 4 is 22.5 Å². The Balaban J connectivity index is 2.79. The molecule has 2 rings (SSSR count). The number of aromatic nitrogens is 1. The van der Waals surface area contributed by atoms with E-state index >= 15 is 0 Å². The molecule has 0 aliphatic rings. The van der Waals surface area contributed by atoms with E-state index in [0.29, 0.717) is 16.3 Å². The summed E-state index contributed by atoms with van der Waals surface area (Å²) < 4.78 is 5.06. The highest BCUT2D eigenvalue weighted by atomic mass is 35.5. The summed E-state index contributed by atoms with van der Waals surface area (Å²) in [6, 6.07) is 6.66. The number of rotatable bonds is 1. The predicted octanol–water partition coefficient (Wildman–Crippen LogP) is 2.19. The first-order chi connectivity index (χ1) is 6.70. The lowest BCUT2D eigenvalue weighted by atomic mass is 10.2. The fourth-order valence-electron chi connectivity index (χ4n) is 1.31. The Bertz CT molecular complexity index is 533. The van der Waals surface area contributed by atoms with Crippen molar-refractivity contribution < 1.29 is 4.74 Å². The number of aromatic amines is 1. The Morgan fingerprint density at radius 3 is 2.86 bits per heavy atom. The van der Waals surface area contributed by atoms with Gasteiger partial charge in [0, 0.05) is 11.5 Å². The minimum atomic E-state index is -0.140. The van der Waals surface area contributed by atoms with Crippen LogP contribution in [-0.4, -0.2) is 12.1 Å². The molecule has 0 fully saturated rings. The van der Waals surface area contributed by atoms with Crippen LogP contribution in [0.2, 0.25) is 5.02 Å². The predicted molar refractivity (Wildman–Crippen MR) is 56.1 cm³/mol. The van der Waals surface area contributed by atoms with Crippen LogP contribution in [-0.2, 0) is 0 Å². The van der Waals surface area contributed by atoms with Gasteiger partial charge >= 0.3 is 0 Å². The number of hydrogen-bond acceptors (Lipinski definition) is 2. The van der Waals surface area contributed by atoms with Crippen molar-refractivity contribution in [3.8, 4) is 5.75 Å². The summed E-state index contributed by atoms with van der Waals surface area (Å²) in [4.78, 5) is 13.7. The summed E-state index contributed by atoms with van der Waals surface area (Å²) in [7, 11) is 1.55. The average molecular weight is 210 g/mol. The molecule has 0 aliphatic carbocycles. The van der Waals surface area contributed by atoms with Crippen molar-refractivity contribution in [1.82, 2.24) is 4.98 Å². The van der Waals surface area contributed by atoms with E-state index in [-0.39, 0.29) is 5.56 Å². The van der Waals surface area contributed by atoms with Crippen LogP contribution in [0.4, 0.5) is 0 Å². The molecular formula is C10H8ClNO2. The van der Waals surface area contributed by atoms with Gasteiger partial charge in [0.05, 0.1) is 17.6 Å². The number of ether oxygens (including phenoxy) is 1. The molecule has 0 spiro atoms. The van der Waals surface area contributed by atoms with Crippen LogP contribution in [0.25, 0.3) is 10.9 Å². The van der Waals surface area contributed by atoms with Gasteiger partial charge in [-0.3, -0.25) is 4.79 Å². The maximum absolute atomic E-state index is 11.0. The fraction of sp³-hybridized carbons (Fsp3) is 0.100. The van der Waals surface area contributed by atoms with Gasteiger partial charge in [0.2, 0.25) is 5.56 Å². The first-order valence-corrected chi connectivity index (χ1v) is 4.45. The summed E-state index contributed by atoms with van der Waals surface area (Å²) in [6.07, 6.45) is 0. The summed E-state index contributed by atoms with van der Waals surface area (Å²) in [5.74, 6) is 0.603. The van der Waals surface area contributed by atoms with Crippen molar-refractivity contribution in [2.24, 2.45) is 0 Å². The van der Waals surface area contributed by atoms with Crippen LogP contribution in [0.1, 0.15) is 0 Å². The van der Waals surface area contributed by atoms with E-state index in [2.05, 4.69) is 4.98 Å². The van der Waals surface area contributed by atoms with Gasteiger partial charge in [-0.05, 0) is 18.2 Å². The number of benzene rings is 1. The number of methoxy groups -OCH3 is 1.